The van der Waals surface area contributed by atoms with Gasteiger partial charge in [0.1, 0.15) is 6.07 Å². The van der Waals surface area contributed by atoms with Crippen LogP contribution in [0.5, 0.6) is 0 Å². The average Bonchev–Trinajstić information content (AvgIpc) is 2.38. The Morgan fingerprint density at radius 1 is 1.35 bits per heavy atom. The molecule has 0 aromatic heterocycles. The lowest BCUT2D eigenvalue weighted by molar-refractivity contribution is 0.705. The highest BCUT2D eigenvalue weighted by atomic mass is 35.5. The van der Waals surface area contributed by atoms with Gasteiger partial charge in [-0.15, -0.1) is 11.6 Å². The summed E-state index contributed by atoms with van der Waals surface area (Å²) in [7, 11) is 2.03. The molecule has 0 fully saturated rings. The molecule has 3 heteroatoms. The molecule has 0 bridgehead atoms. The van der Waals surface area contributed by atoms with Crippen molar-refractivity contribution in [1.82, 2.24) is 0 Å². The molecular formula is C14H19ClN2. The first kappa shape index (κ1) is 13.9. The van der Waals surface area contributed by atoms with Gasteiger partial charge in [0.2, 0.25) is 0 Å². The van der Waals surface area contributed by atoms with Gasteiger partial charge in [0, 0.05) is 19.5 Å². The summed E-state index contributed by atoms with van der Waals surface area (Å²) in [5.74, 6) is 0.453. The molecule has 17 heavy (non-hydrogen) atoms. The second-order valence-corrected chi connectivity index (χ2v) is 4.49. The summed E-state index contributed by atoms with van der Waals surface area (Å²) in [6.07, 6.45) is 3.60. The Morgan fingerprint density at radius 3 is 2.71 bits per heavy atom. The molecule has 0 saturated carbocycles. The van der Waals surface area contributed by atoms with E-state index in [0.717, 1.165) is 24.2 Å². The fourth-order valence-electron chi connectivity index (χ4n) is 1.81. The van der Waals surface area contributed by atoms with E-state index in [4.69, 9.17) is 16.9 Å². The Kier molecular flexibility index (Phi) is 5.86. The third-order valence-corrected chi connectivity index (χ3v) is 3.15. The number of unbranched alkanes of at least 4 members (excludes halogenated alkanes) is 2. The Hall–Kier alpha value is -1.20. The van der Waals surface area contributed by atoms with Crippen molar-refractivity contribution in [2.24, 2.45) is 0 Å². The van der Waals surface area contributed by atoms with Crippen LogP contribution in [0.25, 0.3) is 0 Å². The molecule has 0 N–H and O–H groups in total. The lowest BCUT2D eigenvalue weighted by Crippen LogP contribution is -2.19. The van der Waals surface area contributed by atoms with E-state index in [0.29, 0.717) is 11.4 Å². The lowest BCUT2D eigenvalue weighted by atomic mass is 10.1. The average molecular weight is 251 g/mol. The standard InChI is InChI=1S/C14H19ClN2/c1-3-4-5-8-17(2)14-7-6-12(10-15)9-13(14)11-16/h6-7,9H,3-5,8,10H2,1-2H3. The first-order valence-electron chi connectivity index (χ1n) is 6.03. The zero-order valence-corrected chi connectivity index (χ0v) is 11.3. The van der Waals surface area contributed by atoms with Crippen molar-refractivity contribution in [3.8, 4) is 6.07 Å². The minimum absolute atomic E-state index is 0.453. The maximum atomic E-state index is 9.14. The molecule has 0 unspecified atom stereocenters. The smallest absolute Gasteiger partial charge is 0.101 e. The molecule has 1 rings (SSSR count). The summed E-state index contributed by atoms with van der Waals surface area (Å²) < 4.78 is 0. The van der Waals surface area contributed by atoms with E-state index < -0.39 is 0 Å². The van der Waals surface area contributed by atoms with Gasteiger partial charge in [0.25, 0.3) is 0 Å². The zero-order valence-electron chi connectivity index (χ0n) is 10.5. The third kappa shape index (κ3) is 3.94. The molecule has 0 saturated heterocycles. The minimum Gasteiger partial charge on any atom is -0.374 e. The summed E-state index contributed by atoms with van der Waals surface area (Å²) in [5.41, 5.74) is 2.70. The number of hydrogen-bond donors (Lipinski definition) is 0. The molecule has 1 aromatic rings. The highest BCUT2D eigenvalue weighted by molar-refractivity contribution is 6.17. The first-order chi connectivity index (χ1) is 8.22. The molecule has 0 aliphatic rings. The summed E-state index contributed by atoms with van der Waals surface area (Å²) in [4.78, 5) is 2.15. The van der Waals surface area contributed by atoms with Gasteiger partial charge in [0.15, 0.2) is 0 Å². The number of hydrogen-bond acceptors (Lipinski definition) is 2. The van der Waals surface area contributed by atoms with Crippen LogP contribution in [0.3, 0.4) is 0 Å². The Balaban J connectivity index is 2.79. The van der Waals surface area contributed by atoms with Crippen LogP contribution < -0.4 is 4.90 Å². The predicted octanol–water partition coefficient (Wildman–Crippen LogP) is 3.92. The van der Waals surface area contributed by atoms with Crippen LogP contribution in [-0.4, -0.2) is 13.6 Å². The molecule has 0 heterocycles. The molecule has 0 spiro atoms. The van der Waals surface area contributed by atoms with E-state index in [9.17, 15) is 0 Å². The number of halogens is 1. The number of rotatable bonds is 6. The maximum Gasteiger partial charge on any atom is 0.101 e. The van der Waals surface area contributed by atoms with Gasteiger partial charge in [-0.2, -0.15) is 5.26 Å². The summed E-state index contributed by atoms with van der Waals surface area (Å²) in [6.45, 7) is 3.18. The highest BCUT2D eigenvalue weighted by Gasteiger charge is 2.07. The SMILES string of the molecule is CCCCCN(C)c1ccc(CCl)cc1C#N. The van der Waals surface area contributed by atoms with Crippen LogP contribution in [-0.2, 0) is 5.88 Å². The van der Waals surface area contributed by atoms with Crippen molar-refractivity contribution in [1.29, 1.82) is 5.26 Å². The number of alkyl halides is 1. The summed E-state index contributed by atoms with van der Waals surface area (Å²) in [5, 5.41) is 9.14. The molecule has 1 aromatic carbocycles. The Morgan fingerprint density at radius 2 is 2.12 bits per heavy atom. The molecule has 92 valence electrons. The summed E-state index contributed by atoms with van der Waals surface area (Å²) >= 11 is 5.77. The van der Waals surface area contributed by atoms with Gasteiger partial charge in [-0.3, -0.25) is 0 Å². The van der Waals surface area contributed by atoms with E-state index in [-0.39, 0.29) is 0 Å². The van der Waals surface area contributed by atoms with Gasteiger partial charge in [0.05, 0.1) is 11.3 Å². The van der Waals surface area contributed by atoms with Crippen molar-refractivity contribution in [3.63, 3.8) is 0 Å². The van der Waals surface area contributed by atoms with Crippen LogP contribution in [0.2, 0.25) is 0 Å². The fourth-order valence-corrected chi connectivity index (χ4v) is 1.97. The molecule has 0 aliphatic carbocycles. The summed E-state index contributed by atoms with van der Waals surface area (Å²) in [6, 6.07) is 8.09. The highest BCUT2D eigenvalue weighted by Crippen LogP contribution is 2.21. The number of benzene rings is 1. The fraction of sp³-hybridized carbons (Fsp3) is 0.500. The minimum atomic E-state index is 0.453. The van der Waals surface area contributed by atoms with E-state index in [1.165, 1.54) is 12.8 Å². The van der Waals surface area contributed by atoms with E-state index in [2.05, 4.69) is 17.9 Å². The predicted molar refractivity (Wildman–Crippen MR) is 73.5 cm³/mol. The van der Waals surface area contributed by atoms with Crippen LogP contribution in [0.4, 0.5) is 5.69 Å². The molecule has 0 radical (unpaired) electrons. The van der Waals surface area contributed by atoms with Gasteiger partial charge >= 0.3 is 0 Å². The van der Waals surface area contributed by atoms with Crippen LogP contribution in [0.15, 0.2) is 18.2 Å². The van der Waals surface area contributed by atoms with E-state index >= 15 is 0 Å². The van der Waals surface area contributed by atoms with Gasteiger partial charge in [-0.05, 0) is 24.1 Å². The molecule has 0 aliphatic heterocycles. The van der Waals surface area contributed by atoms with Crippen molar-refractivity contribution in [2.75, 3.05) is 18.5 Å². The second-order valence-electron chi connectivity index (χ2n) is 4.23. The van der Waals surface area contributed by atoms with Crippen molar-refractivity contribution in [2.45, 2.75) is 32.1 Å². The van der Waals surface area contributed by atoms with Crippen LogP contribution in [0, 0.1) is 11.3 Å². The van der Waals surface area contributed by atoms with Crippen LogP contribution >= 0.6 is 11.6 Å². The van der Waals surface area contributed by atoms with Crippen molar-refractivity contribution in [3.05, 3.63) is 29.3 Å². The first-order valence-corrected chi connectivity index (χ1v) is 6.56. The van der Waals surface area contributed by atoms with Gasteiger partial charge < -0.3 is 4.90 Å². The lowest BCUT2D eigenvalue weighted by Gasteiger charge is -2.20. The molecule has 0 amide bonds. The van der Waals surface area contributed by atoms with E-state index in [1.807, 2.05) is 25.2 Å². The third-order valence-electron chi connectivity index (χ3n) is 2.84. The topological polar surface area (TPSA) is 27.0 Å². The Bertz CT molecular complexity index is 396. The van der Waals surface area contributed by atoms with Crippen molar-refractivity contribution < 1.29 is 0 Å². The van der Waals surface area contributed by atoms with Gasteiger partial charge in [-0.1, -0.05) is 25.8 Å². The number of anilines is 1. The number of nitrogens with zero attached hydrogens (tertiary/aromatic N) is 2. The largest absolute Gasteiger partial charge is 0.374 e. The zero-order chi connectivity index (χ0) is 12.7. The second kappa shape index (κ2) is 7.19. The maximum absolute atomic E-state index is 9.14. The normalized spacial score (nSPS) is 10.0. The Labute approximate surface area is 109 Å². The monoisotopic (exact) mass is 250 g/mol. The van der Waals surface area contributed by atoms with Crippen LogP contribution in [0.1, 0.15) is 37.3 Å². The molecule has 0 atom stereocenters. The molecular weight excluding hydrogens is 232 g/mol. The quantitative estimate of drug-likeness (QED) is 0.565. The van der Waals surface area contributed by atoms with Gasteiger partial charge in [-0.25, -0.2) is 0 Å². The van der Waals surface area contributed by atoms with Crippen molar-refractivity contribution >= 4 is 17.3 Å². The number of nitriles is 1. The van der Waals surface area contributed by atoms with E-state index in [1.54, 1.807) is 0 Å². The molecule has 2 nitrogen and oxygen atoms in total.